The molecule has 0 fully saturated rings. The first-order valence-electron chi connectivity index (χ1n) is 6.75. The molecule has 0 aliphatic heterocycles. The third kappa shape index (κ3) is 2.70. The lowest BCUT2D eigenvalue weighted by Crippen LogP contribution is -2.44. The Morgan fingerprint density at radius 2 is 1.95 bits per heavy atom. The first-order chi connectivity index (χ1) is 9.53. The van der Waals surface area contributed by atoms with Crippen molar-refractivity contribution in [3.8, 4) is 0 Å². The smallest absolute Gasteiger partial charge is 0.185 e. The van der Waals surface area contributed by atoms with Crippen molar-refractivity contribution < 1.29 is 14.6 Å². The summed E-state index contributed by atoms with van der Waals surface area (Å²) in [6.07, 6.45) is -0.324. The molecule has 110 valence electrons. The summed E-state index contributed by atoms with van der Waals surface area (Å²) in [6.45, 7) is 4.57. The first-order valence-corrected chi connectivity index (χ1v) is 6.75. The number of ether oxygens (including phenoxy) is 2. The molecule has 1 aromatic heterocycles. The van der Waals surface area contributed by atoms with Gasteiger partial charge in [-0.05, 0) is 26.0 Å². The molecule has 2 aromatic rings. The predicted octanol–water partition coefficient (Wildman–Crippen LogP) is 1.97. The van der Waals surface area contributed by atoms with Gasteiger partial charge in [-0.25, -0.2) is 4.98 Å². The van der Waals surface area contributed by atoms with Crippen LogP contribution >= 0.6 is 0 Å². The second-order valence-corrected chi connectivity index (χ2v) is 5.10. The number of methoxy groups -OCH3 is 2. The molecule has 1 aromatic carbocycles. The van der Waals surface area contributed by atoms with Gasteiger partial charge in [0.15, 0.2) is 6.29 Å². The van der Waals surface area contributed by atoms with Crippen LogP contribution < -0.4 is 0 Å². The van der Waals surface area contributed by atoms with Gasteiger partial charge in [-0.15, -0.1) is 0 Å². The lowest BCUT2D eigenvalue weighted by atomic mass is 10.0. The molecule has 0 saturated heterocycles. The second kappa shape index (κ2) is 5.91. The monoisotopic (exact) mass is 278 g/mol. The van der Waals surface area contributed by atoms with Crippen LogP contribution in [0.15, 0.2) is 24.3 Å². The van der Waals surface area contributed by atoms with Crippen LogP contribution in [-0.2, 0) is 22.4 Å². The molecule has 1 unspecified atom stereocenters. The van der Waals surface area contributed by atoms with Gasteiger partial charge < -0.3 is 19.1 Å². The Bertz CT molecular complexity index is 574. The molecule has 0 amide bonds. The maximum atomic E-state index is 10.6. The van der Waals surface area contributed by atoms with Gasteiger partial charge in [0, 0.05) is 27.2 Å². The van der Waals surface area contributed by atoms with Crippen LogP contribution in [0.4, 0.5) is 0 Å². The summed E-state index contributed by atoms with van der Waals surface area (Å²) < 4.78 is 12.5. The van der Waals surface area contributed by atoms with Crippen LogP contribution in [0.3, 0.4) is 0 Å². The van der Waals surface area contributed by atoms with Crippen molar-refractivity contribution in [1.82, 2.24) is 9.55 Å². The van der Waals surface area contributed by atoms with Gasteiger partial charge in [0.05, 0.1) is 11.0 Å². The minimum atomic E-state index is -1.14. The first kappa shape index (κ1) is 15.0. The molecule has 20 heavy (non-hydrogen) atoms. The molecular weight excluding hydrogens is 256 g/mol. The van der Waals surface area contributed by atoms with E-state index in [0.29, 0.717) is 6.42 Å². The van der Waals surface area contributed by atoms with Crippen LogP contribution in [0.5, 0.6) is 0 Å². The molecular formula is C15H22N2O3. The number of imidazole rings is 1. The summed E-state index contributed by atoms with van der Waals surface area (Å²) in [6, 6.07) is 7.97. The number of hydrogen-bond acceptors (Lipinski definition) is 4. The topological polar surface area (TPSA) is 56.5 Å². The van der Waals surface area contributed by atoms with Crippen molar-refractivity contribution in [2.45, 2.75) is 38.7 Å². The number of aliphatic hydroxyl groups is 1. The van der Waals surface area contributed by atoms with E-state index in [9.17, 15) is 5.11 Å². The van der Waals surface area contributed by atoms with Crippen LogP contribution in [0.25, 0.3) is 11.0 Å². The summed E-state index contributed by atoms with van der Waals surface area (Å²) in [5.74, 6) is 0.831. The maximum Gasteiger partial charge on any atom is 0.185 e. The highest BCUT2D eigenvalue weighted by Crippen LogP contribution is 2.23. The molecule has 2 rings (SSSR count). The van der Waals surface area contributed by atoms with E-state index in [1.807, 2.05) is 24.3 Å². The normalized spacial score (nSPS) is 14.9. The predicted molar refractivity (Wildman–Crippen MR) is 77.5 cm³/mol. The molecule has 5 heteroatoms. The van der Waals surface area contributed by atoms with E-state index in [-0.39, 0.29) is 0 Å². The fourth-order valence-electron chi connectivity index (χ4n) is 2.62. The SMILES string of the molecule is CCn1c(CC(C)(O)C(OC)OC)nc2ccccc21. The standard InChI is InChI=1S/C15H22N2O3/c1-5-17-12-9-7-6-8-11(12)16-13(17)10-15(2,18)14(19-3)20-4/h6-9,14,18H,5,10H2,1-4H3. The highest BCUT2D eigenvalue weighted by Gasteiger charge is 2.34. The van der Waals surface area contributed by atoms with E-state index < -0.39 is 11.9 Å². The van der Waals surface area contributed by atoms with Gasteiger partial charge in [-0.2, -0.15) is 0 Å². The maximum absolute atomic E-state index is 10.6. The Balaban J connectivity index is 2.38. The molecule has 1 atom stereocenters. The summed E-state index contributed by atoms with van der Waals surface area (Å²) in [5, 5.41) is 10.6. The number of para-hydroxylation sites is 2. The van der Waals surface area contributed by atoms with E-state index in [2.05, 4.69) is 16.5 Å². The van der Waals surface area contributed by atoms with Gasteiger partial charge in [0.2, 0.25) is 0 Å². The van der Waals surface area contributed by atoms with Crippen molar-refractivity contribution in [3.63, 3.8) is 0 Å². The molecule has 0 aliphatic carbocycles. The number of hydrogen-bond donors (Lipinski definition) is 1. The van der Waals surface area contributed by atoms with Gasteiger partial charge in [0.25, 0.3) is 0 Å². The Kier molecular flexibility index (Phi) is 4.42. The van der Waals surface area contributed by atoms with Crippen molar-refractivity contribution >= 4 is 11.0 Å². The van der Waals surface area contributed by atoms with E-state index in [0.717, 1.165) is 23.4 Å². The quantitative estimate of drug-likeness (QED) is 0.821. The summed E-state index contributed by atoms with van der Waals surface area (Å²) in [5.41, 5.74) is 0.872. The van der Waals surface area contributed by atoms with E-state index >= 15 is 0 Å². The van der Waals surface area contributed by atoms with E-state index in [4.69, 9.17) is 9.47 Å². The largest absolute Gasteiger partial charge is 0.384 e. The zero-order valence-electron chi connectivity index (χ0n) is 12.5. The molecule has 1 N–H and O–H groups in total. The van der Waals surface area contributed by atoms with Crippen molar-refractivity contribution in [3.05, 3.63) is 30.1 Å². The molecule has 5 nitrogen and oxygen atoms in total. The molecule has 0 aliphatic rings. The van der Waals surface area contributed by atoms with E-state index in [1.165, 1.54) is 14.2 Å². The number of aryl methyl sites for hydroxylation is 1. The third-order valence-electron chi connectivity index (χ3n) is 3.50. The van der Waals surface area contributed by atoms with Gasteiger partial charge in [-0.1, -0.05) is 12.1 Å². The van der Waals surface area contributed by atoms with Gasteiger partial charge in [-0.3, -0.25) is 0 Å². The summed E-state index contributed by atoms with van der Waals surface area (Å²) >= 11 is 0. The minimum Gasteiger partial charge on any atom is -0.384 e. The fourth-order valence-corrected chi connectivity index (χ4v) is 2.62. The van der Waals surface area contributed by atoms with Crippen LogP contribution in [0.1, 0.15) is 19.7 Å². The number of rotatable bonds is 6. The number of aromatic nitrogens is 2. The lowest BCUT2D eigenvalue weighted by molar-refractivity contribution is -0.208. The third-order valence-corrected chi connectivity index (χ3v) is 3.50. The fraction of sp³-hybridized carbons (Fsp3) is 0.533. The van der Waals surface area contributed by atoms with Crippen molar-refractivity contribution in [2.75, 3.05) is 14.2 Å². The van der Waals surface area contributed by atoms with Crippen LogP contribution in [0.2, 0.25) is 0 Å². The van der Waals surface area contributed by atoms with E-state index in [1.54, 1.807) is 6.92 Å². The van der Waals surface area contributed by atoms with Gasteiger partial charge in [0.1, 0.15) is 11.4 Å². The zero-order valence-corrected chi connectivity index (χ0v) is 12.5. The zero-order chi connectivity index (χ0) is 14.8. The Morgan fingerprint density at radius 1 is 1.30 bits per heavy atom. The summed E-state index contributed by atoms with van der Waals surface area (Å²) in [4.78, 5) is 4.61. The Hall–Kier alpha value is -1.43. The molecule has 1 heterocycles. The lowest BCUT2D eigenvalue weighted by Gasteiger charge is -2.30. The highest BCUT2D eigenvalue weighted by molar-refractivity contribution is 5.75. The number of nitrogens with zero attached hydrogens (tertiary/aromatic N) is 2. The summed E-state index contributed by atoms with van der Waals surface area (Å²) in [7, 11) is 3.04. The number of fused-ring (bicyclic) bond motifs is 1. The number of benzene rings is 1. The molecule has 0 bridgehead atoms. The highest BCUT2D eigenvalue weighted by atomic mass is 16.7. The molecule has 0 saturated carbocycles. The average Bonchev–Trinajstić information content (AvgIpc) is 2.75. The van der Waals surface area contributed by atoms with Crippen LogP contribution in [0, 0.1) is 0 Å². The Morgan fingerprint density at radius 3 is 2.55 bits per heavy atom. The molecule has 0 radical (unpaired) electrons. The average molecular weight is 278 g/mol. The van der Waals surface area contributed by atoms with Crippen molar-refractivity contribution in [1.29, 1.82) is 0 Å². The van der Waals surface area contributed by atoms with Crippen LogP contribution in [-0.4, -0.2) is 40.8 Å². The molecule has 0 spiro atoms. The van der Waals surface area contributed by atoms with Crippen molar-refractivity contribution in [2.24, 2.45) is 0 Å². The minimum absolute atomic E-state index is 0.363. The van der Waals surface area contributed by atoms with Gasteiger partial charge >= 0.3 is 0 Å². The second-order valence-electron chi connectivity index (χ2n) is 5.10. The Labute approximate surface area is 119 Å².